The standard InChI is InChI=1S/C23H29N5OS.HI/c1-24-23(25-15-19-17-30-22(27-19)18-9-4-2-5-10-18)26-16-20(21-11-8-14-29-21)28-12-6-3-7-13-28;/h2,4-5,8-11,14,17,20H,3,6-7,12-13,15-16H2,1H3,(H2,24,25,26);1H. The number of furan rings is 1. The van der Waals surface area contributed by atoms with Gasteiger partial charge in [-0.15, -0.1) is 35.3 Å². The normalized spacial score (nSPS) is 15.8. The minimum Gasteiger partial charge on any atom is -0.468 e. The Hall–Kier alpha value is -1.91. The first-order valence-corrected chi connectivity index (χ1v) is 11.4. The van der Waals surface area contributed by atoms with E-state index >= 15 is 0 Å². The molecule has 0 amide bonds. The van der Waals surface area contributed by atoms with Crippen molar-refractivity contribution in [3.05, 3.63) is 65.6 Å². The maximum Gasteiger partial charge on any atom is 0.191 e. The molecule has 2 aromatic heterocycles. The summed E-state index contributed by atoms with van der Waals surface area (Å²) in [5.41, 5.74) is 2.17. The van der Waals surface area contributed by atoms with Gasteiger partial charge in [0.05, 0.1) is 24.5 Å². The summed E-state index contributed by atoms with van der Waals surface area (Å²) in [6.45, 7) is 3.61. The molecular weight excluding hydrogens is 521 g/mol. The van der Waals surface area contributed by atoms with E-state index in [2.05, 4.69) is 44.1 Å². The maximum atomic E-state index is 5.74. The van der Waals surface area contributed by atoms with Crippen LogP contribution >= 0.6 is 35.3 Å². The number of hydrogen-bond donors (Lipinski definition) is 2. The number of halogens is 1. The van der Waals surface area contributed by atoms with E-state index in [0.717, 1.165) is 47.6 Å². The van der Waals surface area contributed by atoms with Crippen molar-refractivity contribution >= 4 is 41.3 Å². The topological polar surface area (TPSA) is 65.7 Å². The van der Waals surface area contributed by atoms with Gasteiger partial charge < -0.3 is 15.1 Å². The van der Waals surface area contributed by atoms with E-state index in [1.807, 2.05) is 24.3 Å². The summed E-state index contributed by atoms with van der Waals surface area (Å²) in [6.07, 6.45) is 5.57. The Bertz CT molecular complexity index is 923. The highest BCUT2D eigenvalue weighted by atomic mass is 127. The first-order chi connectivity index (χ1) is 14.8. The summed E-state index contributed by atoms with van der Waals surface area (Å²) in [7, 11) is 1.80. The molecule has 1 saturated heterocycles. The second-order valence-electron chi connectivity index (χ2n) is 7.44. The lowest BCUT2D eigenvalue weighted by Gasteiger charge is -2.33. The van der Waals surface area contributed by atoms with Gasteiger partial charge >= 0.3 is 0 Å². The van der Waals surface area contributed by atoms with Crippen molar-refractivity contribution in [1.29, 1.82) is 0 Å². The third-order valence-electron chi connectivity index (χ3n) is 5.40. The summed E-state index contributed by atoms with van der Waals surface area (Å²) in [6, 6.07) is 14.5. The molecule has 1 fully saturated rings. The van der Waals surface area contributed by atoms with Crippen LogP contribution in [0.1, 0.15) is 36.8 Å². The van der Waals surface area contributed by atoms with E-state index in [0.29, 0.717) is 6.54 Å². The molecular formula is C23H30IN5OS. The molecule has 1 aliphatic heterocycles. The van der Waals surface area contributed by atoms with Gasteiger partial charge in [-0.25, -0.2) is 4.98 Å². The second kappa shape index (κ2) is 12.2. The third-order valence-corrected chi connectivity index (χ3v) is 6.34. The molecule has 6 nitrogen and oxygen atoms in total. The summed E-state index contributed by atoms with van der Waals surface area (Å²) in [5.74, 6) is 1.78. The van der Waals surface area contributed by atoms with Gasteiger partial charge in [0.2, 0.25) is 0 Å². The van der Waals surface area contributed by atoms with Crippen molar-refractivity contribution in [3.63, 3.8) is 0 Å². The van der Waals surface area contributed by atoms with Crippen molar-refractivity contribution in [2.45, 2.75) is 31.8 Å². The molecule has 3 aromatic rings. The molecule has 8 heteroatoms. The SMILES string of the molecule is CN=C(NCc1csc(-c2ccccc2)n1)NCC(c1ccco1)N1CCCCC1.I. The highest BCUT2D eigenvalue weighted by molar-refractivity contribution is 14.0. The average Bonchev–Trinajstić information content (AvgIpc) is 3.50. The molecule has 0 bridgehead atoms. The van der Waals surface area contributed by atoms with Gasteiger partial charge in [0.25, 0.3) is 0 Å². The van der Waals surface area contributed by atoms with Crippen LogP contribution in [0.5, 0.6) is 0 Å². The minimum atomic E-state index is 0. The third kappa shape index (κ3) is 6.54. The minimum absolute atomic E-state index is 0. The number of aromatic nitrogens is 1. The van der Waals surface area contributed by atoms with E-state index in [1.165, 1.54) is 19.3 Å². The molecule has 0 spiro atoms. The number of piperidine rings is 1. The predicted molar refractivity (Wildman–Crippen MR) is 138 cm³/mol. The Kier molecular flexibility index (Phi) is 9.35. The van der Waals surface area contributed by atoms with Crippen LogP contribution < -0.4 is 10.6 Å². The van der Waals surface area contributed by atoms with Crippen molar-refractivity contribution in [2.75, 3.05) is 26.7 Å². The Morgan fingerprint density at radius 2 is 1.94 bits per heavy atom. The highest BCUT2D eigenvalue weighted by Gasteiger charge is 2.24. The molecule has 1 aliphatic rings. The molecule has 1 unspecified atom stereocenters. The van der Waals surface area contributed by atoms with Gasteiger partial charge in [-0.2, -0.15) is 0 Å². The van der Waals surface area contributed by atoms with Crippen molar-refractivity contribution in [3.8, 4) is 10.6 Å². The van der Waals surface area contributed by atoms with Crippen LogP contribution in [0.15, 0.2) is 63.5 Å². The van der Waals surface area contributed by atoms with Crippen molar-refractivity contribution in [1.82, 2.24) is 20.5 Å². The average molecular weight is 551 g/mol. The number of nitrogens with one attached hydrogen (secondary N) is 2. The molecule has 1 aromatic carbocycles. The van der Waals surface area contributed by atoms with Gasteiger partial charge in [-0.05, 0) is 38.1 Å². The summed E-state index contributed by atoms with van der Waals surface area (Å²) >= 11 is 1.67. The van der Waals surface area contributed by atoms with Crippen molar-refractivity contribution in [2.24, 2.45) is 4.99 Å². The van der Waals surface area contributed by atoms with Crippen LogP contribution in [-0.4, -0.2) is 42.5 Å². The lowest BCUT2D eigenvalue weighted by Crippen LogP contribution is -2.44. The number of rotatable bonds is 7. The predicted octanol–water partition coefficient (Wildman–Crippen LogP) is 4.91. The lowest BCUT2D eigenvalue weighted by molar-refractivity contribution is 0.146. The zero-order valence-electron chi connectivity index (χ0n) is 17.8. The molecule has 31 heavy (non-hydrogen) atoms. The van der Waals surface area contributed by atoms with Gasteiger partial charge in [0.1, 0.15) is 10.8 Å². The van der Waals surface area contributed by atoms with Crippen LogP contribution in [0.3, 0.4) is 0 Å². The number of benzene rings is 1. The molecule has 0 aliphatic carbocycles. The van der Waals surface area contributed by atoms with Crippen LogP contribution in [0, 0.1) is 0 Å². The van der Waals surface area contributed by atoms with Gasteiger partial charge in [-0.1, -0.05) is 36.8 Å². The van der Waals surface area contributed by atoms with Gasteiger partial charge in [0.15, 0.2) is 5.96 Å². The molecule has 3 heterocycles. The summed E-state index contributed by atoms with van der Waals surface area (Å²) in [5, 5.41) is 10.0. The van der Waals surface area contributed by atoms with Crippen LogP contribution in [0.2, 0.25) is 0 Å². The molecule has 4 rings (SSSR count). The Morgan fingerprint density at radius 3 is 2.65 bits per heavy atom. The van der Waals surface area contributed by atoms with Gasteiger partial charge in [-0.3, -0.25) is 9.89 Å². The smallest absolute Gasteiger partial charge is 0.191 e. The van der Waals surface area contributed by atoms with E-state index in [1.54, 1.807) is 24.6 Å². The molecule has 0 radical (unpaired) electrons. The fourth-order valence-electron chi connectivity index (χ4n) is 3.81. The quantitative estimate of drug-likeness (QED) is 0.248. The molecule has 2 N–H and O–H groups in total. The number of likely N-dealkylation sites (tertiary alicyclic amines) is 1. The first kappa shape index (κ1) is 23.7. The monoisotopic (exact) mass is 551 g/mol. The fourth-order valence-corrected chi connectivity index (χ4v) is 4.64. The number of nitrogens with zero attached hydrogens (tertiary/aromatic N) is 3. The molecule has 0 saturated carbocycles. The van der Waals surface area contributed by atoms with Gasteiger partial charge in [0, 0.05) is 24.5 Å². The zero-order valence-corrected chi connectivity index (χ0v) is 20.9. The Morgan fingerprint density at radius 1 is 1.13 bits per heavy atom. The maximum absolute atomic E-state index is 5.74. The van der Waals surface area contributed by atoms with Crippen molar-refractivity contribution < 1.29 is 4.42 Å². The second-order valence-corrected chi connectivity index (χ2v) is 8.30. The van der Waals surface area contributed by atoms with E-state index in [4.69, 9.17) is 9.40 Å². The van der Waals surface area contributed by atoms with E-state index in [9.17, 15) is 0 Å². The fraction of sp³-hybridized carbons (Fsp3) is 0.391. The number of hydrogen-bond acceptors (Lipinski definition) is 5. The van der Waals surface area contributed by atoms with E-state index < -0.39 is 0 Å². The number of aliphatic imine (C=N–C) groups is 1. The number of thiazole rings is 1. The Balaban J connectivity index is 0.00000272. The van der Waals surface area contributed by atoms with Crippen LogP contribution in [0.4, 0.5) is 0 Å². The summed E-state index contributed by atoms with van der Waals surface area (Å²) in [4.78, 5) is 11.6. The number of guanidine groups is 1. The first-order valence-electron chi connectivity index (χ1n) is 10.6. The van der Waals surface area contributed by atoms with Crippen LogP contribution in [0.25, 0.3) is 10.6 Å². The van der Waals surface area contributed by atoms with Crippen LogP contribution in [-0.2, 0) is 6.54 Å². The lowest BCUT2D eigenvalue weighted by atomic mass is 10.1. The summed E-state index contributed by atoms with van der Waals surface area (Å²) < 4.78 is 5.74. The molecule has 1 atom stereocenters. The largest absolute Gasteiger partial charge is 0.468 e. The zero-order chi connectivity index (χ0) is 20.6. The molecule has 166 valence electrons. The highest BCUT2D eigenvalue weighted by Crippen LogP contribution is 2.25. The van der Waals surface area contributed by atoms with E-state index in [-0.39, 0.29) is 30.0 Å². The Labute approximate surface area is 205 Å².